The molecule has 122 valence electrons. The highest BCUT2D eigenvalue weighted by atomic mass is 19.4. The Morgan fingerprint density at radius 1 is 1.04 bits per heavy atom. The lowest BCUT2D eigenvalue weighted by molar-refractivity contribution is -0.137. The van der Waals surface area contributed by atoms with E-state index in [2.05, 4.69) is 0 Å². The zero-order valence-corrected chi connectivity index (χ0v) is 12.2. The minimum Gasteiger partial charge on any atom is -0.316 e. The Balaban J connectivity index is 2.45. The third kappa shape index (κ3) is 3.70. The number of nitriles is 2. The SMILES string of the molecule is N#Cc1ccc(-c2ccc(C[C@H](N)C#N)c(F)c2)cc1C(F)(F)F. The molecule has 2 N–H and O–H groups in total. The van der Waals surface area contributed by atoms with E-state index in [9.17, 15) is 17.6 Å². The summed E-state index contributed by atoms with van der Waals surface area (Å²) in [4.78, 5) is 0. The van der Waals surface area contributed by atoms with Crippen molar-refractivity contribution in [3.8, 4) is 23.3 Å². The van der Waals surface area contributed by atoms with E-state index in [1.54, 1.807) is 6.07 Å². The van der Waals surface area contributed by atoms with Gasteiger partial charge in [0, 0.05) is 6.42 Å². The minimum absolute atomic E-state index is 0.00375. The van der Waals surface area contributed by atoms with Crippen LogP contribution < -0.4 is 5.73 Å². The minimum atomic E-state index is -4.68. The molecule has 2 aromatic rings. The van der Waals surface area contributed by atoms with Gasteiger partial charge in [-0.2, -0.15) is 23.7 Å². The van der Waals surface area contributed by atoms with Gasteiger partial charge in [-0.15, -0.1) is 0 Å². The van der Waals surface area contributed by atoms with E-state index >= 15 is 0 Å². The first kappa shape index (κ1) is 17.5. The van der Waals surface area contributed by atoms with Crippen molar-refractivity contribution in [3.63, 3.8) is 0 Å². The van der Waals surface area contributed by atoms with Crippen molar-refractivity contribution in [2.75, 3.05) is 0 Å². The lowest BCUT2D eigenvalue weighted by atomic mass is 9.97. The van der Waals surface area contributed by atoms with Crippen LogP contribution >= 0.6 is 0 Å². The fourth-order valence-corrected chi connectivity index (χ4v) is 2.23. The van der Waals surface area contributed by atoms with Crippen molar-refractivity contribution in [1.82, 2.24) is 0 Å². The Labute approximate surface area is 135 Å². The molecule has 0 spiro atoms. The Hall–Kier alpha value is -2.90. The summed E-state index contributed by atoms with van der Waals surface area (Å²) in [5.74, 6) is -0.656. The van der Waals surface area contributed by atoms with E-state index in [-0.39, 0.29) is 23.1 Å². The van der Waals surface area contributed by atoms with Crippen LogP contribution in [0.15, 0.2) is 36.4 Å². The molecule has 1 atom stereocenters. The molecule has 24 heavy (non-hydrogen) atoms. The summed E-state index contributed by atoms with van der Waals surface area (Å²) in [5, 5.41) is 17.4. The summed E-state index contributed by atoms with van der Waals surface area (Å²) in [6.45, 7) is 0. The maximum Gasteiger partial charge on any atom is 0.417 e. The van der Waals surface area contributed by atoms with Gasteiger partial charge in [-0.1, -0.05) is 18.2 Å². The maximum atomic E-state index is 14.1. The van der Waals surface area contributed by atoms with Gasteiger partial charge in [0.25, 0.3) is 0 Å². The molecule has 2 aromatic carbocycles. The van der Waals surface area contributed by atoms with Crippen LogP contribution in [0, 0.1) is 28.5 Å². The van der Waals surface area contributed by atoms with Gasteiger partial charge in [0.05, 0.1) is 29.3 Å². The van der Waals surface area contributed by atoms with Crippen molar-refractivity contribution < 1.29 is 17.6 Å². The highest BCUT2D eigenvalue weighted by Crippen LogP contribution is 2.35. The molecule has 0 saturated carbocycles. The fourth-order valence-electron chi connectivity index (χ4n) is 2.23. The molecule has 0 aliphatic rings. The van der Waals surface area contributed by atoms with E-state index in [4.69, 9.17) is 16.3 Å². The standard InChI is InChI=1S/C17H11F4N3/c18-16-7-11(1-3-12(16)5-14(24)9-23)10-2-4-13(8-22)15(6-10)17(19,20)21/h1-4,6-7,14H,5,24H2/t14-/m0/s1. The second-order valence-electron chi connectivity index (χ2n) is 5.12. The molecule has 0 radical (unpaired) electrons. The summed E-state index contributed by atoms with van der Waals surface area (Å²) in [5.41, 5.74) is 4.45. The van der Waals surface area contributed by atoms with Crippen molar-refractivity contribution >= 4 is 0 Å². The summed E-state index contributed by atoms with van der Waals surface area (Å²) in [7, 11) is 0. The fraction of sp³-hybridized carbons (Fsp3) is 0.176. The van der Waals surface area contributed by atoms with E-state index in [0.29, 0.717) is 0 Å². The first-order valence-corrected chi connectivity index (χ1v) is 6.81. The number of hydrogen-bond acceptors (Lipinski definition) is 3. The van der Waals surface area contributed by atoms with Gasteiger partial charge in [0.1, 0.15) is 5.82 Å². The van der Waals surface area contributed by atoms with Crippen LogP contribution in [-0.4, -0.2) is 6.04 Å². The van der Waals surface area contributed by atoms with Gasteiger partial charge >= 0.3 is 6.18 Å². The molecule has 0 unspecified atom stereocenters. The van der Waals surface area contributed by atoms with Crippen molar-refractivity contribution in [1.29, 1.82) is 10.5 Å². The highest BCUT2D eigenvalue weighted by Gasteiger charge is 2.33. The third-order valence-electron chi connectivity index (χ3n) is 3.44. The number of halogens is 4. The van der Waals surface area contributed by atoms with Crippen LogP contribution in [0.4, 0.5) is 17.6 Å². The number of nitrogens with zero attached hydrogens (tertiary/aromatic N) is 2. The van der Waals surface area contributed by atoms with Gasteiger partial charge in [-0.3, -0.25) is 0 Å². The van der Waals surface area contributed by atoms with Crippen LogP contribution in [-0.2, 0) is 12.6 Å². The summed E-state index contributed by atoms with van der Waals surface area (Å²) < 4.78 is 53.0. The van der Waals surface area contributed by atoms with Crippen molar-refractivity contribution in [2.24, 2.45) is 5.73 Å². The average Bonchev–Trinajstić information content (AvgIpc) is 2.55. The normalized spacial score (nSPS) is 12.3. The molecule has 0 amide bonds. The van der Waals surface area contributed by atoms with Gasteiger partial charge < -0.3 is 5.73 Å². The first-order valence-electron chi connectivity index (χ1n) is 6.81. The molecule has 0 heterocycles. The maximum absolute atomic E-state index is 14.1. The van der Waals surface area contributed by atoms with Crippen LogP contribution in [0.25, 0.3) is 11.1 Å². The Kier molecular flexibility index (Phi) is 4.87. The van der Waals surface area contributed by atoms with E-state index < -0.39 is 29.2 Å². The average molecular weight is 333 g/mol. The van der Waals surface area contributed by atoms with Crippen molar-refractivity contribution in [2.45, 2.75) is 18.6 Å². The molecule has 0 bridgehead atoms. The molecule has 0 aliphatic heterocycles. The Morgan fingerprint density at radius 3 is 2.21 bits per heavy atom. The second-order valence-corrected chi connectivity index (χ2v) is 5.12. The summed E-state index contributed by atoms with van der Waals surface area (Å²) >= 11 is 0. The van der Waals surface area contributed by atoms with Crippen LogP contribution in [0.2, 0.25) is 0 Å². The molecule has 0 aliphatic carbocycles. The molecule has 7 heteroatoms. The molecule has 0 aromatic heterocycles. The van der Waals surface area contributed by atoms with E-state index in [1.165, 1.54) is 24.3 Å². The topological polar surface area (TPSA) is 73.6 Å². The Morgan fingerprint density at radius 2 is 1.67 bits per heavy atom. The van der Waals surface area contributed by atoms with Gasteiger partial charge in [-0.05, 0) is 34.9 Å². The smallest absolute Gasteiger partial charge is 0.316 e. The lowest BCUT2D eigenvalue weighted by Crippen LogP contribution is -2.20. The predicted molar refractivity (Wildman–Crippen MR) is 78.8 cm³/mol. The predicted octanol–water partition coefficient (Wildman–Crippen LogP) is 3.78. The molecular weight excluding hydrogens is 322 g/mol. The number of alkyl halides is 3. The highest BCUT2D eigenvalue weighted by molar-refractivity contribution is 5.66. The van der Waals surface area contributed by atoms with Crippen LogP contribution in [0.1, 0.15) is 16.7 Å². The molecule has 0 saturated heterocycles. The van der Waals surface area contributed by atoms with Crippen molar-refractivity contribution in [3.05, 3.63) is 58.9 Å². The number of rotatable bonds is 3. The number of benzene rings is 2. The van der Waals surface area contributed by atoms with Gasteiger partial charge in [0.2, 0.25) is 0 Å². The van der Waals surface area contributed by atoms with E-state index in [0.717, 1.165) is 18.2 Å². The van der Waals surface area contributed by atoms with Crippen LogP contribution in [0.3, 0.4) is 0 Å². The zero-order valence-electron chi connectivity index (χ0n) is 12.2. The van der Waals surface area contributed by atoms with Gasteiger partial charge in [-0.25, -0.2) is 4.39 Å². The summed E-state index contributed by atoms with van der Waals surface area (Å²) in [6, 6.07) is 9.51. The monoisotopic (exact) mass is 333 g/mol. The van der Waals surface area contributed by atoms with Gasteiger partial charge in [0.15, 0.2) is 0 Å². The molecule has 3 nitrogen and oxygen atoms in total. The first-order chi connectivity index (χ1) is 11.3. The number of hydrogen-bond donors (Lipinski definition) is 1. The third-order valence-corrected chi connectivity index (χ3v) is 3.44. The van der Waals surface area contributed by atoms with Crippen LogP contribution in [0.5, 0.6) is 0 Å². The Bertz CT molecular complexity index is 844. The lowest BCUT2D eigenvalue weighted by Gasteiger charge is -2.12. The molecular formula is C17H11F4N3. The quantitative estimate of drug-likeness (QED) is 0.869. The molecule has 2 rings (SSSR count). The molecule has 0 fully saturated rings. The largest absolute Gasteiger partial charge is 0.417 e. The van der Waals surface area contributed by atoms with E-state index in [1.807, 2.05) is 0 Å². The summed E-state index contributed by atoms with van der Waals surface area (Å²) in [6.07, 6.45) is -4.68. The number of nitrogens with two attached hydrogens (primary N) is 1. The zero-order chi connectivity index (χ0) is 17.9. The second kappa shape index (κ2) is 6.69.